The third-order valence-electron chi connectivity index (χ3n) is 3.01. The number of benzene rings is 1. The van der Waals surface area contributed by atoms with Crippen LogP contribution in [0.5, 0.6) is 0 Å². The molecule has 5 heteroatoms. The molecule has 0 unspecified atom stereocenters. The molecule has 0 saturated heterocycles. The molecule has 1 aliphatic rings. The number of hydrogen-bond donors (Lipinski definition) is 1. The van der Waals surface area contributed by atoms with Gasteiger partial charge < -0.3 is 5.32 Å². The second kappa shape index (κ2) is 5.43. The first kappa shape index (κ1) is 13.6. The SMILES string of the molecule is CC1CC(Nc2ccccc2SCC(F)(F)F)C1. The standard InChI is InChI=1S/C13H16F3NS/c1-9-6-10(7-9)17-11-4-2-3-5-12(11)18-8-13(14,15)16/h2-5,9-10,17H,6-8H2,1H3. The van der Waals surface area contributed by atoms with Crippen LogP contribution in [0.2, 0.25) is 0 Å². The van der Waals surface area contributed by atoms with Crippen LogP contribution in [0.15, 0.2) is 29.2 Å². The van der Waals surface area contributed by atoms with Gasteiger partial charge in [-0.15, -0.1) is 11.8 Å². The van der Waals surface area contributed by atoms with E-state index >= 15 is 0 Å². The average Bonchev–Trinajstić information content (AvgIpc) is 2.25. The summed E-state index contributed by atoms with van der Waals surface area (Å²) in [6.45, 7) is 2.18. The maximum absolute atomic E-state index is 12.2. The molecule has 1 aromatic rings. The number of anilines is 1. The number of para-hydroxylation sites is 1. The Morgan fingerprint density at radius 3 is 2.56 bits per heavy atom. The van der Waals surface area contributed by atoms with Crippen molar-refractivity contribution in [1.29, 1.82) is 0 Å². The van der Waals surface area contributed by atoms with Crippen LogP contribution in [0, 0.1) is 5.92 Å². The molecule has 0 heterocycles. The van der Waals surface area contributed by atoms with Gasteiger partial charge in [-0.3, -0.25) is 0 Å². The topological polar surface area (TPSA) is 12.0 Å². The Bertz CT molecular complexity index is 399. The fraction of sp³-hybridized carbons (Fsp3) is 0.538. The van der Waals surface area contributed by atoms with Gasteiger partial charge in [0.1, 0.15) is 0 Å². The Balaban J connectivity index is 1.97. The molecule has 0 aliphatic heterocycles. The van der Waals surface area contributed by atoms with E-state index in [0.29, 0.717) is 10.9 Å². The van der Waals surface area contributed by atoms with Crippen molar-refractivity contribution in [3.63, 3.8) is 0 Å². The number of thioether (sulfide) groups is 1. The van der Waals surface area contributed by atoms with Crippen molar-refractivity contribution in [2.75, 3.05) is 11.1 Å². The number of rotatable bonds is 4. The van der Waals surface area contributed by atoms with Gasteiger partial charge in [0.05, 0.1) is 5.75 Å². The summed E-state index contributed by atoms with van der Waals surface area (Å²) in [5.74, 6) is -0.121. The van der Waals surface area contributed by atoms with Crippen molar-refractivity contribution in [3.8, 4) is 0 Å². The van der Waals surface area contributed by atoms with Gasteiger partial charge in [-0.2, -0.15) is 13.2 Å². The first-order valence-corrected chi connectivity index (χ1v) is 6.98. The molecule has 18 heavy (non-hydrogen) atoms. The smallest absolute Gasteiger partial charge is 0.381 e. The highest BCUT2D eigenvalue weighted by molar-refractivity contribution is 7.99. The zero-order chi connectivity index (χ0) is 13.2. The quantitative estimate of drug-likeness (QED) is 0.809. The zero-order valence-electron chi connectivity index (χ0n) is 10.1. The largest absolute Gasteiger partial charge is 0.398 e. The van der Waals surface area contributed by atoms with Gasteiger partial charge >= 0.3 is 6.18 Å². The summed E-state index contributed by atoms with van der Waals surface area (Å²) in [5.41, 5.74) is 0.823. The maximum Gasteiger partial charge on any atom is 0.398 e. The molecule has 100 valence electrons. The number of nitrogens with one attached hydrogen (secondary N) is 1. The van der Waals surface area contributed by atoms with Gasteiger partial charge in [-0.25, -0.2) is 0 Å². The fourth-order valence-electron chi connectivity index (χ4n) is 2.11. The molecule has 0 bridgehead atoms. The second-order valence-electron chi connectivity index (χ2n) is 4.82. The van der Waals surface area contributed by atoms with E-state index in [2.05, 4.69) is 12.2 Å². The van der Waals surface area contributed by atoms with Gasteiger partial charge in [0, 0.05) is 16.6 Å². The van der Waals surface area contributed by atoms with E-state index in [0.717, 1.165) is 36.2 Å². The molecule has 1 nitrogen and oxygen atoms in total. The zero-order valence-corrected chi connectivity index (χ0v) is 10.9. The minimum absolute atomic E-state index is 0.410. The van der Waals surface area contributed by atoms with Crippen LogP contribution in [0.1, 0.15) is 19.8 Å². The molecule has 0 atom stereocenters. The third-order valence-corrected chi connectivity index (χ3v) is 4.15. The lowest BCUT2D eigenvalue weighted by molar-refractivity contribution is -0.105. The second-order valence-corrected chi connectivity index (χ2v) is 5.84. The van der Waals surface area contributed by atoms with Gasteiger partial charge in [0.25, 0.3) is 0 Å². The summed E-state index contributed by atoms with van der Waals surface area (Å²) in [4.78, 5) is 0.675. The molecule has 0 radical (unpaired) electrons. The molecule has 1 N–H and O–H groups in total. The van der Waals surface area contributed by atoms with E-state index in [1.807, 2.05) is 12.1 Å². The summed E-state index contributed by atoms with van der Waals surface area (Å²) in [6.07, 6.45) is -1.93. The fourth-order valence-corrected chi connectivity index (χ4v) is 2.89. The minimum atomic E-state index is -4.12. The van der Waals surface area contributed by atoms with Crippen LogP contribution < -0.4 is 5.32 Å². The Morgan fingerprint density at radius 2 is 1.94 bits per heavy atom. The van der Waals surface area contributed by atoms with Crippen molar-refractivity contribution in [3.05, 3.63) is 24.3 Å². The maximum atomic E-state index is 12.2. The lowest BCUT2D eigenvalue weighted by Gasteiger charge is -2.34. The molecular formula is C13H16F3NS. The van der Waals surface area contributed by atoms with E-state index < -0.39 is 11.9 Å². The van der Waals surface area contributed by atoms with Crippen LogP contribution in [0.25, 0.3) is 0 Å². The lowest BCUT2D eigenvalue weighted by atomic mass is 9.82. The Morgan fingerprint density at radius 1 is 1.28 bits per heavy atom. The molecule has 1 saturated carbocycles. The summed E-state index contributed by atoms with van der Waals surface area (Å²) >= 11 is 0.844. The van der Waals surface area contributed by atoms with E-state index in [4.69, 9.17) is 0 Å². The first-order valence-electron chi connectivity index (χ1n) is 5.99. The van der Waals surface area contributed by atoms with Gasteiger partial charge in [0.2, 0.25) is 0 Å². The normalized spacial score (nSPS) is 23.6. The van der Waals surface area contributed by atoms with Crippen molar-refractivity contribution in [2.45, 2.75) is 36.9 Å². The van der Waals surface area contributed by atoms with Crippen LogP contribution in [-0.2, 0) is 0 Å². The lowest BCUT2D eigenvalue weighted by Crippen LogP contribution is -2.33. The van der Waals surface area contributed by atoms with E-state index in [-0.39, 0.29) is 0 Å². The van der Waals surface area contributed by atoms with Crippen molar-refractivity contribution >= 4 is 17.4 Å². The summed E-state index contributed by atoms with van der Waals surface area (Å²) in [7, 11) is 0. The Kier molecular flexibility index (Phi) is 4.10. The molecule has 0 spiro atoms. The van der Waals surface area contributed by atoms with Gasteiger partial charge in [-0.1, -0.05) is 19.1 Å². The highest BCUT2D eigenvalue weighted by Crippen LogP contribution is 2.35. The molecule has 1 aliphatic carbocycles. The summed E-state index contributed by atoms with van der Waals surface area (Å²) < 4.78 is 36.7. The summed E-state index contributed by atoms with van der Waals surface area (Å²) in [6, 6.07) is 7.62. The van der Waals surface area contributed by atoms with Crippen molar-refractivity contribution in [2.24, 2.45) is 5.92 Å². The van der Waals surface area contributed by atoms with E-state index in [9.17, 15) is 13.2 Å². The van der Waals surface area contributed by atoms with Gasteiger partial charge in [0.15, 0.2) is 0 Å². The Hall–Kier alpha value is -0.840. The predicted molar refractivity (Wildman–Crippen MR) is 69.0 cm³/mol. The molecule has 1 fully saturated rings. The van der Waals surface area contributed by atoms with Crippen molar-refractivity contribution < 1.29 is 13.2 Å². The van der Waals surface area contributed by atoms with Crippen LogP contribution >= 0.6 is 11.8 Å². The number of halogens is 3. The molecular weight excluding hydrogens is 259 g/mol. The highest BCUT2D eigenvalue weighted by Gasteiger charge is 2.29. The molecule has 0 aromatic heterocycles. The van der Waals surface area contributed by atoms with Crippen LogP contribution in [0.4, 0.5) is 18.9 Å². The monoisotopic (exact) mass is 275 g/mol. The first-order chi connectivity index (χ1) is 8.44. The van der Waals surface area contributed by atoms with Crippen molar-refractivity contribution in [1.82, 2.24) is 0 Å². The van der Waals surface area contributed by atoms with E-state index in [1.54, 1.807) is 12.1 Å². The Labute approximate surface area is 109 Å². The highest BCUT2D eigenvalue weighted by atomic mass is 32.2. The predicted octanol–water partition coefficient (Wildman–Crippen LogP) is 4.55. The average molecular weight is 275 g/mol. The van der Waals surface area contributed by atoms with Crippen LogP contribution in [0.3, 0.4) is 0 Å². The number of alkyl halides is 3. The molecule has 0 amide bonds. The van der Waals surface area contributed by atoms with E-state index in [1.165, 1.54) is 0 Å². The molecule has 1 aromatic carbocycles. The minimum Gasteiger partial charge on any atom is -0.381 e. The summed E-state index contributed by atoms with van der Waals surface area (Å²) in [5, 5.41) is 3.33. The number of hydrogen-bond acceptors (Lipinski definition) is 2. The van der Waals surface area contributed by atoms with Gasteiger partial charge in [-0.05, 0) is 30.9 Å². The third kappa shape index (κ3) is 3.83. The van der Waals surface area contributed by atoms with Crippen LogP contribution in [-0.4, -0.2) is 18.0 Å². The molecule has 2 rings (SSSR count).